The lowest BCUT2D eigenvalue weighted by Crippen LogP contribution is -2.42. The Morgan fingerprint density at radius 3 is 3.05 bits per heavy atom. The Hall–Kier alpha value is -3.02. The van der Waals surface area contributed by atoms with Crippen molar-refractivity contribution >= 4 is 17.6 Å². The van der Waals surface area contributed by atoms with E-state index in [1.165, 1.54) is 11.0 Å². The normalized spacial score (nSPS) is 16.9. The SMILES string of the molecule is N#C[C@@H]1CCCN1C(=O)CNC(=O)c1ccnc([N+](=O)[O-])c1. The number of nitro groups is 1. The molecule has 0 aliphatic carbocycles. The van der Waals surface area contributed by atoms with Crippen LogP contribution in [0.25, 0.3) is 0 Å². The summed E-state index contributed by atoms with van der Waals surface area (Å²) in [6.45, 7) is 0.237. The van der Waals surface area contributed by atoms with Crippen molar-refractivity contribution < 1.29 is 14.5 Å². The van der Waals surface area contributed by atoms with Gasteiger partial charge in [0, 0.05) is 12.6 Å². The highest BCUT2D eigenvalue weighted by molar-refractivity contribution is 5.96. The first-order valence-corrected chi connectivity index (χ1v) is 6.60. The molecule has 1 aromatic heterocycles. The number of aromatic nitrogens is 1. The molecular formula is C13H13N5O4. The van der Waals surface area contributed by atoms with Crippen LogP contribution in [0.3, 0.4) is 0 Å². The third kappa shape index (κ3) is 3.35. The highest BCUT2D eigenvalue weighted by Gasteiger charge is 2.28. The second-order valence-electron chi connectivity index (χ2n) is 4.72. The van der Waals surface area contributed by atoms with Crippen LogP contribution in [0.15, 0.2) is 18.3 Å². The molecular weight excluding hydrogens is 290 g/mol. The first-order chi connectivity index (χ1) is 10.5. The molecule has 22 heavy (non-hydrogen) atoms. The summed E-state index contributed by atoms with van der Waals surface area (Å²) in [6.07, 6.45) is 2.54. The van der Waals surface area contributed by atoms with Crippen LogP contribution in [0.4, 0.5) is 5.82 Å². The summed E-state index contributed by atoms with van der Waals surface area (Å²) in [4.78, 5) is 38.7. The molecule has 9 heteroatoms. The van der Waals surface area contributed by atoms with E-state index in [0.29, 0.717) is 13.0 Å². The van der Waals surface area contributed by atoms with E-state index in [2.05, 4.69) is 10.3 Å². The Bertz CT molecular complexity index is 654. The number of rotatable bonds is 4. The lowest BCUT2D eigenvalue weighted by molar-refractivity contribution is -0.389. The zero-order valence-corrected chi connectivity index (χ0v) is 11.6. The number of nitrogens with one attached hydrogen (secondary N) is 1. The fraction of sp³-hybridized carbons (Fsp3) is 0.385. The second kappa shape index (κ2) is 6.62. The largest absolute Gasteiger partial charge is 0.364 e. The standard InChI is InChI=1S/C13H13N5O4/c14-7-10-2-1-5-17(10)12(19)8-16-13(20)9-3-4-15-11(6-9)18(21)22/h3-4,6,10H,1-2,5,8H2,(H,16,20)/t10-/m0/s1. The van der Waals surface area contributed by atoms with Gasteiger partial charge in [0.15, 0.2) is 0 Å². The number of carbonyl (C=O) groups is 2. The van der Waals surface area contributed by atoms with E-state index < -0.39 is 22.7 Å². The van der Waals surface area contributed by atoms with Crippen LogP contribution in [0.2, 0.25) is 0 Å². The highest BCUT2D eigenvalue weighted by atomic mass is 16.6. The van der Waals surface area contributed by atoms with Gasteiger partial charge in [0.05, 0.1) is 18.2 Å². The average molecular weight is 303 g/mol. The van der Waals surface area contributed by atoms with Crippen LogP contribution in [0.5, 0.6) is 0 Å². The monoisotopic (exact) mass is 303 g/mol. The predicted molar refractivity (Wildman–Crippen MR) is 73.6 cm³/mol. The summed E-state index contributed by atoms with van der Waals surface area (Å²) in [7, 11) is 0. The molecule has 0 saturated carbocycles. The van der Waals surface area contributed by atoms with Gasteiger partial charge >= 0.3 is 5.82 Å². The Labute approximate surface area is 125 Å². The molecule has 1 fully saturated rings. The average Bonchev–Trinajstić information content (AvgIpc) is 3.01. The lowest BCUT2D eigenvalue weighted by atomic mass is 10.2. The summed E-state index contributed by atoms with van der Waals surface area (Å²) in [5.74, 6) is -1.39. The lowest BCUT2D eigenvalue weighted by Gasteiger charge is -2.19. The molecule has 1 saturated heterocycles. The Morgan fingerprint density at radius 1 is 1.59 bits per heavy atom. The van der Waals surface area contributed by atoms with Crippen LogP contribution >= 0.6 is 0 Å². The van der Waals surface area contributed by atoms with Gasteiger partial charge in [0.25, 0.3) is 5.91 Å². The number of nitrogens with zero attached hydrogens (tertiary/aromatic N) is 4. The van der Waals surface area contributed by atoms with Crippen molar-refractivity contribution in [1.29, 1.82) is 5.26 Å². The minimum Gasteiger partial charge on any atom is -0.358 e. The van der Waals surface area contributed by atoms with E-state index in [9.17, 15) is 19.7 Å². The molecule has 1 aliphatic heterocycles. The van der Waals surface area contributed by atoms with E-state index in [1.54, 1.807) is 0 Å². The summed E-state index contributed by atoms with van der Waals surface area (Å²) < 4.78 is 0. The van der Waals surface area contributed by atoms with Gasteiger partial charge in [-0.25, -0.2) is 0 Å². The van der Waals surface area contributed by atoms with Crippen LogP contribution < -0.4 is 5.32 Å². The van der Waals surface area contributed by atoms with Crippen molar-refractivity contribution in [3.63, 3.8) is 0 Å². The quantitative estimate of drug-likeness (QED) is 0.626. The highest BCUT2D eigenvalue weighted by Crippen LogP contribution is 2.16. The molecule has 2 heterocycles. The Kier molecular flexibility index (Phi) is 4.63. The van der Waals surface area contributed by atoms with E-state index in [-0.39, 0.29) is 18.0 Å². The molecule has 2 amide bonds. The Balaban J connectivity index is 1.95. The van der Waals surface area contributed by atoms with E-state index in [1.807, 2.05) is 6.07 Å². The fourth-order valence-electron chi connectivity index (χ4n) is 2.22. The van der Waals surface area contributed by atoms with Crippen LogP contribution in [-0.4, -0.2) is 45.8 Å². The van der Waals surface area contributed by atoms with Crippen molar-refractivity contribution in [2.24, 2.45) is 0 Å². The molecule has 1 aliphatic rings. The van der Waals surface area contributed by atoms with E-state index in [0.717, 1.165) is 18.7 Å². The third-order valence-corrected chi connectivity index (χ3v) is 3.32. The minimum absolute atomic E-state index is 0.0488. The van der Waals surface area contributed by atoms with Crippen molar-refractivity contribution in [1.82, 2.24) is 15.2 Å². The zero-order valence-electron chi connectivity index (χ0n) is 11.6. The van der Waals surface area contributed by atoms with Gasteiger partial charge in [-0.1, -0.05) is 0 Å². The molecule has 0 spiro atoms. The van der Waals surface area contributed by atoms with Gasteiger partial charge in [0.2, 0.25) is 5.91 Å². The number of amides is 2. The van der Waals surface area contributed by atoms with Gasteiger partial charge < -0.3 is 20.3 Å². The van der Waals surface area contributed by atoms with Gasteiger partial charge in [-0.3, -0.25) is 9.59 Å². The fourth-order valence-corrected chi connectivity index (χ4v) is 2.22. The van der Waals surface area contributed by atoms with Crippen molar-refractivity contribution in [2.45, 2.75) is 18.9 Å². The molecule has 0 aromatic carbocycles. The number of likely N-dealkylation sites (tertiary alicyclic amines) is 1. The van der Waals surface area contributed by atoms with Gasteiger partial charge in [-0.2, -0.15) is 5.26 Å². The molecule has 0 radical (unpaired) electrons. The maximum atomic E-state index is 12.0. The molecule has 2 rings (SSSR count). The molecule has 0 unspecified atom stereocenters. The number of nitriles is 1. The number of pyridine rings is 1. The maximum absolute atomic E-state index is 12.0. The van der Waals surface area contributed by atoms with Crippen LogP contribution in [0.1, 0.15) is 23.2 Å². The number of carbonyl (C=O) groups excluding carboxylic acids is 2. The second-order valence-corrected chi connectivity index (χ2v) is 4.72. The Morgan fingerprint density at radius 2 is 2.36 bits per heavy atom. The summed E-state index contributed by atoms with van der Waals surface area (Å²) in [6, 6.07) is 3.95. The number of hydrogen-bond acceptors (Lipinski definition) is 6. The van der Waals surface area contributed by atoms with Crippen molar-refractivity contribution in [3.05, 3.63) is 34.0 Å². The maximum Gasteiger partial charge on any atom is 0.364 e. The minimum atomic E-state index is -0.705. The predicted octanol–water partition coefficient (Wildman–Crippen LogP) is 0.234. The smallest absolute Gasteiger partial charge is 0.358 e. The molecule has 1 N–H and O–H groups in total. The van der Waals surface area contributed by atoms with Crippen LogP contribution in [-0.2, 0) is 4.79 Å². The first-order valence-electron chi connectivity index (χ1n) is 6.60. The van der Waals surface area contributed by atoms with E-state index in [4.69, 9.17) is 5.26 Å². The van der Waals surface area contributed by atoms with Gasteiger partial charge in [-0.15, -0.1) is 0 Å². The third-order valence-electron chi connectivity index (χ3n) is 3.32. The van der Waals surface area contributed by atoms with Crippen molar-refractivity contribution in [2.75, 3.05) is 13.1 Å². The number of hydrogen-bond donors (Lipinski definition) is 1. The topological polar surface area (TPSA) is 129 Å². The molecule has 1 atom stereocenters. The summed E-state index contributed by atoms with van der Waals surface area (Å²) in [5.41, 5.74) is 0.0488. The van der Waals surface area contributed by atoms with Crippen LogP contribution in [0, 0.1) is 21.4 Å². The molecule has 0 bridgehead atoms. The van der Waals surface area contributed by atoms with E-state index >= 15 is 0 Å². The summed E-state index contributed by atoms with van der Waals surface area (Å²) in [5, 5.41) is 21.9. The zero-order chi connectivity index (χ0) is 16.1. The first kappa shape index (κ1) is 15.4. The van der Waals surface area contributed by atoms with Gasteiger partial charge in [0.1, 0.15) is 12.2 Å². The molecule has 9 nitrogen and oxygen atoms in total. The van der Waals surface area contributed by atoms with Gasteiger partial charge in [-0.05, 0) is 28.8 Å². The van der Waals surface area contributed by atoms with Crippen molar-refractivity contribution in [3.8, 4) is 6.07 Å². The summed E-state index contributed by atoms with van der Waals surface area (Å²) >= 11 is 0. The molecule has 114 valence electrons. The molecule has 1 aromatic rings.